The van der Waals surface area contributed by atoms with Crippen LogP contribution in [0.5, 0.6) is 0 Å². The molecule has 1 aromatic carbocycles. The number of nitrogens with zero attached hydrogens (tertiary/aromatic N) is 4. The maximum Gasteiger partial charge on any atom is 0.230 e. The van der Waals surface area contributed by atoms with E-state index in [0.717, 1.165) is 30.0 Å². The molecule has 140 valence electrons. The van der Waals surface area contributed by atoms with Crippen LogP contribution in [-0.2, 0) is 0 Å². The number of hydrogen-bond acceptors (Lipinski definition) is 4. The average molecular weight is 358 g/mol. The van der Waals surface area contributed by atoms with Crippen molar-refractivity contribution < 1.29 is 4.39 Å². The quantitative estimate of drug-likeness (QED) is 0.452. The highest BCUT2D eigenvalue weighted by Crippen LogP contribution is 2.26. The van der Waals surface area contributed by atoms with Crippen molar-refractivity contribution in [2.24, 2.45) is 16.6 Å². The van der Waals surface area contributed by atoms with Crippen LogP contribution in [0, 0.1) is 18.7 Å². The molecular formula is C19H27FN6. The lowest BCUT2D eigenvalue weighted by Gasteiger charge is -2.29. The molecule has 0 spiro atoms. The lowest BCUT2D eigenvalue weighted by Crippen LogP contribution is -2.30. The fourth-order valence-electron chi connectivity index (χ4n) is 3.22. The lowest BCUT2D eigenvalue weighted by atomic mass is 9.85. The van der Waals surface area contributed by atoms with Crippen molar-refractivity contribution in [2.75, 3.05) is 32.0 Å². The first-order valence-electron chi connectivity index (χ1n) is 9.20. The minimum absolute atomic E-state index is 0.279. The van der Waals surface area contributed by atoms with Crippen molar-refractivity contribution in [1.82, 2.24) is 14.9 Å². The van der Waals surface area contributed by atoms with Crippen LogP contribution in [0.3, 0.4) is 0 Å². The van der Waals surface area contributed by atoms with Gasteiger partial charge in [0.1, 0.15) is 5.82 Å². The Bertz CT molecular complexity index is 787. The minimum Gasteiger partial charge on any atom is -0.370 e. The van der Waals surface area contributed by atoms with Crippen LogP contribution >= 0.6 is 0 Å². The summed E-state index contributed by atoms with van der Waals surface area (Å²) in [6, 6.07) is 4.48. The number of benzene rings is 1. The maximum absolute atomic E-state index is 13.4. The Balaban J connectivity index is 1.51. The van der Waals surface area contributed by atoms with Gasteiger partial charge in [-0.05, 0) is 57.8 Å². The molecule has 0 atom stereocenters. The highest BCUT2D eigenvalue weighted by molar-refractivity contribution is 5.92. The molecule has 3 rings (SSSR count). The Morgan fingerprint density at radius 3 is 2.92 bits per heavy atom. The molecule has 0 radical (unpaired) electrons. The van der Waals surface area contributed by atoms with Crippen molar-refractivity contribution in [1.29, 1.82) is 0 Å². The van der Waals surface area contributed by atoms with Crippen molar-refractivity contribution in [3.8, 4) is 0 Å². The minimum atomic E-state index is -0.325. The van der Waals surface area contributed by atoms with Crippen molar-refractivity contribution in [3.63, 3.8) is 0 Å². The van der Waals surface area contributed by atoms with E-state index in [4.69, 9.17) is 5.73 Å². The number of aryl methyl sites for hydroxylation is 1. The molecule has 26 heavy (non-hydrogen) atoms. The third-order valence-electron chi connectivity index (χ3n) is 4.86. The molecule has 0 saturated heterocycles. The number of nitrogens with two attached hydrogens (primary N) is 1. The van der Waals surface area contributed by atoms with E-state index in [-0.39, 0.29) is 11.8 Å². The first-order valence-corrected chi connectivity index (χ1v) is 9.20. The fourth-order valence-corrected chi connectivity index (χ4v) is 3.22. The molecule has 2 aromatic rings. The Morgan fingerprint density at radius 2 is 2.19 bits per heavy atom. The topological polar surface area (TPSA) is 79.4 Å². The Hall–Kier alpha value is -2.28. The highest BCUT2D eigenvalue weighted by atomic mass is 19.1. The smallest absolute Gasteiger partial charge is 0.230 e. The van der Waals surface area contributed by atoms with Gasteiger partial charge in [0.05, 0.1) is 11.2 Å². The van der Waals surface area contributed by atoms with E-state index in [0.29, 0.717) is 18.0 Å². The molecule has 0 bridgehead atoms. The summed E-state index contributed by atoms with van der Waals surface area (Å²) in [6.45, 7) is 4.70. The molecule has 0 amide bonds. The van der Waals surface area contributed by atoms with Crippen LogP contribution in [0.25, 0.3) is 10.9 Å². The molecule has 0 aliphatic heterocycles. The van der Waals surface area contributed by atoms with E-state index in [9.17, 15) is 4.39 Å². The number of nitrogens with one attached hydrogen (secondary N) is 1. The SMILES string of the molecule is Cc1nc(NC(N)=NCCCN(C)CC2CCC2)nc2cc(F)ccc12. The normalized spacial score (nSPS) is 15.5. The van der Waals surface area contributed by atoms with E-state index in [1.807, 2.05) is 6.92 Å². The van der Waals surface area contributed by atoms with Gasteiger partial charge in [-0.1, -0.05) is 6.42 Å². The summed E-state index contributed by atoms with van der Waals surface area (Å²) in [4.78, 5) is 15.4. The van der Waals surface area contributed by atoms with Gasteiger partial charge >= 0.3 is 0 Å². The third-order valence-corrected chi connectivity index (χ3v) is 4.86. The third kappa shape index (κ3) is 4.88. The summed E-state index contributed by atoms with van der Waals surface area (Å²) in [6.07, 6.45) is 5.07. The first-order chi connectivity index (χ1) is 12.5. The van der Waals surface area contributed by atoms with Crippen LogP contribution in [0.2, 0.25) is 0 Å². The van der Waals surface area contributed by atoms with Gasteiger partial charge in [0.2, 0.25) is 5.95 Å². The molecule has 3 N–H and O–H groups in total. The summed E-state index contributed by atoms with van der Waals surface area (Å²) in [5.74, 6) is 1.17. The summed E-state index contributed by atoms with van der Waals surface area (Å²) in [5.41, 5.74) is 7.24. The largest absolute Gasteiger partial charge is 0.370 e. The summed E-state index contributed by atoms with van der Waals surface area (Å²) in [5, 5.41) is 3.72. The van der Waals surface area contributed by atoms with E-state index >= 15 is 0 Å². The molecule has 1 aliphatic rings. The van der Waals surface area contributed by atoms with Gasteiger partial charge in [0.25, 0.3) is 0 Å². The number of hydrogen-bond donors (Lipinski definition) is 2. The number of fused-ring (bicyclic) bond motifs is 1. The van der Waals surface area contributed by atoms with E-state index < -0.39 is 0 Å². The zero-order valence-corrected chi connectivity index (χ0v) is 15.5. The summed E-state index contributed by atoms with van der Waals surface area (Å²) < 4.78 is 13.4. The van der Waals surface area contributed by atoms with Crippen LogP contribution < -0.4 is 11.1 Å². The first kappa shape index (κ1) is 18.5. The van der Waals surface area contributed by atoms with Gasteiger partial charge in [-0.25, -0.2) is 14.4 Å². The van der Waals surface area contributed by atoms with Gasteiger partial charge in [0, 0.05) is 24.5 Å². The van der Waals surface area contributed by atoms with Gasteiger partial charge in [-0.15, -0.1) is 0 Å². The number of halogens is 1. The molecule has 1 aliphatic carbocycles. The molecule has 1 aromatic heterocycles. The predicted molar refractivity (Wildman–Crippen MR) is 104 cm³/mol. The lowest BCUT2D eigenvalue weighted by molar-refractivity contribution is 0.205. The van der Waals surface area contributed by atoms with Crippen LogP contribution in [-0.4, -0.2) is 47.5 Å². The maximum atomic E-state index is 13.4. The van der Waals surface area contributed by atoms with Crippen LogP contribution in [0.4, 0.5) is 10.3 Å². The number of aliphatic imine (C=N–C) groups is 1. The second kappa shape index (κ2) is 8.40. The molecule has 7 heteroatoms. The zero-order valence-electron chi connectivity index (χ0n) is 15.5. The molecule has 1 fully saturated rings. The van der Waals surface area contributed by atoms with E-state index in [1.165, 1.54) is 37.9 Å². The van der Waals surface area contributed by atoms with Gasteiger partial charge in [0.15, 0.2) is 5.96 Å². The van der Waals surface area contributed by atoms with Gasteiger partial charge < -0.3 is 10.6 Å². The van der Waals surface area contributed by atoms with Crippen molar-refractivity contribution >= 4 is 22.8 Å². The van der Waals surface area contributed by atoms with Crippen LogP contribution in [0.1, 0.15) is 31.4 Å². The molecule has 1 heterocycles. The average Bonchev–Trinajstić information content (AvgIpc) is 2.54. The highest BCUT2D eigenvalue weighted by Gasteiger charge is 2.18. The van der Waals surface area contributed by atoms with Crippen molar-refractivity contribution in [3.05, 3.63) is 29.7 Å². The predicted octanol–water partition coefficient (Wildman–Crippen LogP) is 2.93. The fraction of sp³-hybridized carbons (Fsp3) is 0.526. The number of guanidine groups is 1. The molecule has 0 unspecified atom stereocenters. The number of rotatable bonds is 7. The zero-order chi connectivity index (χ0) is 18.5. The molecular weight excluding hydrogens is 331 g/mol. The summed E-state index contributed by atoms with van der Waals surface area (Å²) >= 11 is 0. The number of aromatic nitrogens is 2. The van der Waals surface area contributed by atoms with Gasteiger partial charge in [-0.2, -0.15) is 0 Å². The van der Waals surface area contributed by atoms with E-state index in [2.05, 4.69) is 32.2 Å². The Kier molecular flexibility index (Phi) is 5.98. The second-order valence-corrected chi connectivity index (χ2v) is 7.10. The Morgan fingerprint density at radius 1 is 1.38 bits per heavy atom. The van der Waals surface area contributed by atoms with Crippen molar-refractivity contribution in [2.45, 2.75) is 32.6 Å². The molecule has 6 nitrogen and oxygen atoms in total. The number of anilines is 1. The van der Waals surface area contributed by atoms with E-state index in [1.54, 1.807) is 6.07 Å². The standard InChI is InChI=1S/C19H27FN6/c1-13-16-8-7-15(20)11-17(16)24-19(23-13)25-18(21)22-9-4-10-26(2)12-14-5-3-6-14/h7-8,11,14H,3-6,9-10,12H2,1-2H3,(H3,21,22,23,24,25). The second-order valence-electron chi connectivity index (χ2n) is 7.10. The Labute approximate surface area is 153 Å². The van der Waals surface area contributed by atoms with Gasteiger partial charge in [-0.3, -0.25) is 10.3 Å². The summed E-state index contributed by atoms with van der Waals surface area (Å²) in [7, 11) is 2.16. The van der Waals surface area contributed by atoms with Crippen LogP contribution in [0.15, 0.2) is 23.2 Å². The monoisotopic (exact) mass is 358 g/mol. The molecule has 1 saturated carbocycles.